The first-order valence-corrected chi connectivity index (χ1v) is 27.7. The van der Waals surface area contributed by atoms with Crippen molar-refractivity contribution < 1.29 is 0 Å². The van der Waals surface area contributed by atoms with E-state index in [1.54, 1.807) is 0 Å². The molecule has 0 radical (unpaired) electrons. The van der Waals surface area contributed by atoms with E-state index in [0.29, 0.717) is 0 Å². The molecule has 0 atom stereocenters. The molecule has 0 fully saturated rings. The van der Waals surface area contributed by atoms with E-state index in [0.717, 1.165) is 101 Å². The van der Waals surface area contributed by atoms with Crippen molar-refractivity contribution in [2.45, 2.75) is 0 Å². The van der Waals surface area contributed by atoms with Gasteiger partial charge in [0, 0.05) is 56.2 Å². The van der Waals surface area contributed by atoms with E-state index in [2.05, 4.69) is 330 Å². The lowest BCUT2D eigenvalue weighted by molar-refractivity contribution is 1.10. The van der Waals surface area contributed by atoms with Crippen molar-refractivity contribution in [1.82, 2.24) is 9.55 Å². The molecule has 0 saturated heterocycles. The van der Waals surface area contributed by atoms with E-state index in [1.165, 1.54) is 37.7 Å². The number of nitrogens with zero attached hydrogens (tertiary/aromatic N) is 4. The maximum atomic E-state index is 5.88. The topological polar surface area (TPSA) is 24.3 Å². The van der Waals surface area contributed by atoms with Crippen molar-refractivity contribution in [2.75, 3.05) is 9.80 Å². The first-order chi connectivity index (χ1) is 40.2. The molecule has 14 aromatic carbocycles. The van der Waals surface area contributed by atoms with Crippen molar-refractivity contribution >= 4 is 88.2 Å². The highest BCUT2D eigenvalue weighted by Crippen LogP contribution is 2.48. The van der Waals surface area contributed by atoms with Gasteiger partial charge in [0.05, 0.1) is 16.7 Å². The van der Waals surface area contributed by atoms with Crippen molar-refractivity contribution in [3.8, 4) is 50.5 Å². The Kier molecular flexibility index (Phi) is 11.8. The Morgan fingerprint density at radius 1 is 0.259 bits per heavy atom. The zero-order chi connectivity index (χ0) is 53.6. The number of benzene rings is 14. The van der Waals surface area contributed by atoms with Gasteiger partial charge in [0.15, 0.2) is 0 Å². The average molecular weight is 1030 g/mol. The number of imidazole rings is 1. The number of hydrogen-bond acceptors (Lipinski definition) is 3. The van der Waals surface area contributed by atoms with Crippen LogP contribution in [-0.2, 0) is 0 Å². The second-order valence-corrected chi connectivity index (χ2v) is 20.7. The highest BCUT2D eigenvalue weighted by molar-refractivity contribution is 6.21. The number of hydrogen-bond donors (Lipinski definition) is 0. The summed E-state index contributed by atoms with van der Waals surface area (Å²) >= 11 is 0. The van der Waals surface area contributed by atoms with Crippen molar-refractivity contribution in [2.24, 2.45) is 0 Å². The van der Waals surface area contributed by atoms with Gasteiger partial charge in [-0.15, -0.1) is 0 Å². The van der Waals surface area contributed by atoms with Crippen LogP contribution in [0, 0.1) is 0 Å². The van der Waals surface area contributed by atoms with Gasteiger partial charge in [-0.1, -0.05) is 212 Å². The molecule has 4 nitrogen and oxygen atoms in total. The lowest BCUT2D eigenvalue weighted by atomic mass is 9.89. The fourth-order valence-electron chi connectivity index (χ4n) is 12.1. The molecule has 1 heterocycles. The number of rotatable bonds is 11. The largest absolute Gasteiger partial charge is 0.311 e. The van der Waals surface area contributed by atoms with Crippen LogP contribution in [0.2, 0.25) is 0 Å². The molecule has 380 valence electrons. The number of anilines is 6. The van der Waals surface area contributed by atoms with E-state index >= 15 is 0 Å². The average Bonchev–Trinajstić information content (AvgIpc) is 4.20. The minimum atomic E-state index is 0.866. The summed E-state index contributed by atoms with van der Waals surface area (Å²) in [5.74, 6) is 0.866. The number of aromatic nitrogens is 2. The van der Waals surface area contributed by atoms with Crippen molar-refractivity contribution in [1.29, 1.82) is 0 Å². The Balaban J connectivity index is 0.887. The Morgan fingerprint density at radius 2 is 0.654 bits per heavy atom. The molecule has 0 amide bonds. The van der Waals surface area contributed by atoms with E-state index in [4.69, 9.17) is 4.98 Å². The fourth-order valence-corrected chi connectivity index (χ4v) is 12.1. The van der Waals surface area contributed by atoms with Crippen LogP contribution >= 0.6 is 0 Å². The van der Waals surface area contributed by atoms with Gasteiger partial charge < -0.3 is 9.80 Å². The lowest BCUT2D eigenvalue weighted by Gasteiger charge is -2.27. The summed E-state index contributed by atoms with van der Waals surface area (Å²) in [6, 6.07) is 114. The lowest BCUT2D eigenvalue weighted by Crippen LogP contribution is -2.10. The Hall–Kier alpha value is -10.8. The maximum absolute atomic E-state index is 5.88. The molecule has 15 rings (SSSR count). The van der Waals surface area contributed by atoms with E-state index < -0.39 is 0 Å². The predicted octanol–water partition coefficient (Wildman–Crippen LogP) is 21.2. The summed E-state index contributed by atoms with van der Waals surface area (Å²) in [5.41, 5.74) is 17.4. The molecular weight excluding hydrogens is 981 g/mol. The zero-order valence-electron chi connectivity index (χ0n) is 44.3. The summed E-state index contributed by atoms with van der Waals surface area (Å²) in [6.07, 6.45) is 0. The molecule has 4 heteroatoms. The maximum Gasteiger partial charge on any atom is 0.145 e. The molecule has 81 heavy (non-hydrogen) atoms. The Labute approximate surface area is 471 Å². The summed E-state index contributed by atoms with van der Waals surface area (Å²) in [7, 11) is 0. The van der Waals surface area contributed by atoms with E-state index in [9.17, 15) is 0 Å². The van der Waals surface area contributed by atoms with Crippen LogP contribution in [0.3, 0.4) is 0 Å². The summed E-state index contributed by atoms with van der Waals surface area (Å²) in [6.45, 7) is 0. The van der Waals surface area contributed by atoms with Gasteiger partial charge in [-0.3, -0.25) is 4.57 Å². The van der Waals surface area contributed by atoms with Crippen molar-refractivity contribution in [3.63, 3.8) is 0 Å². The third kappa shape index (κ3) is 8.55. The third-order valence-corrected chi connectivity index (χ3v) is 15.9. The standard InChI is InChI=1S/C77H52N4/c1-4-25-63(26-5-1)79(64-27-6-2-7-28-64)66-45-39-55(40-46-66)56-41-47-67(48-42-56)80(72-34-18-24-57-21-14-15-31-69(57)72)68-49-43-58(44-50-68)77-78-75-73(61-37-35-53-19-10-12-22-59(53)51-61)70-32-16-17-33-71(70)74(76(75)81(77)65-29-8-3-9-30-65)62-38-36-54-20-11-13-23-60(54)52-62/h1-52H. The normalized spacial score (nSPS) is 11.5. The van der Waals surface area contributed by atoms with E-state index in [1.807, 2.05) is 0 Å². The van der Waals surface area contributed by atoms with E-state index in [-0.39, 0.29) is 0 Å². The number of para-hydroxylation sites is 3. The van der Waals surface area contributed by atoms with Crippen LogP contribution in [0.15, 0.2) is 315 Å². The molecule has 1 aromatic heterocycles. The first-order valence-electron chi connectivity index (χ1n) is 27.7. The van der Waals surface area contributed by atoms with Gasteiger partial charge >= 0.3 is 0 Å². The van der Waals surface area contributed by atoms with Gasteiger partial charge in [0.25, 0.3) is 0 Å². The first kappa shape index (κ1) is 47.4. The molecule has 0 N–H and O–H groups in total. The van der Waals surface area contributed by atoms with Crippen LogP contribution in [0.4, 0.5) is 34.1 Å². The third-order valence-electron chi connectivity index (χ3n) is 15.9. The molecule has 15 aromatic rings. The van der Waals surface area contributed by atoms with Crippen LogP contribution in [0.5, 0.6) is 0 Å². The molecule has 0 unspecified atom stereocenters. The SMILES string of the molecule is c1ccc(N(c2ccccc2)c2ccc(-c3ccc(N(c4ccc(-c5nc6c(-c7ccc8ccccc8c7)c7ccccc7c(-c7ccc8ccccc8c7)c6n5-c5ccccc5)cc4)c4cccc5ccccc45)cc3)cc2)cc1. The minimum Gasteiger partial charge on any atom is -0.311 e. The van der Waals surface area contributed by atoms with Gasteiger partial charge in [-0.2, -0.15) is 0 Å². The van der Waals surface area contributed by atoms with Gasteiger partial charge in [0.1, 0.15) is 5.82 Å². The molecule has 0 aliphatic carbocycles. The molecular formula is C77H52N4. The highest BCUT2D eigenvalue weighted by Gasteiger charge is 2.26. The second-order valence-electron chi connectivity index (χ2n) is 20.7. The predicted molar refractivity (Wildman–Crippen MR) is 342 cm³/mol. The molecule has 0 spiro atoms. The quantitative estimate of drug-likeness (QED) is 0.129. The summed E-state index contributed by atoms with van der Waals surface area (Å²) in [4.78, 5) is 10.6. The monoisotopic (exact) mass is 1030 g/mol. The fraction of sp³-hybridized carbons (Fsp3) is 0. The second kappa shape index (κ2) is 20.2. The van der Waals surface area contributed by atoms with Crippen LogP contribution < -0.4 is 9.80 Å². The van der Waals surface area contributed by atoms with Crippen LogP contribution in [0.25, 0.3) is 105 Å². The van der Waals surface area contributed by atoms with Gasteiger partial charge in [-0.25, -0.2) is 4.98 Å². The smallest absolute Gasteiger partial charge is 0.145 e. The molecule has 0 aliphatic heterocycles. The zero-order valence-corrected chi connectivity index (χ0v) is 44.3. The summed E-state index contributed by atoms with van der Waals surface area (Å²) < 4.78 is 2.40. The number of fused-ring (bicyclic) bond motifs is 5. The molecule has 0 bridgehead atoms. The van der Waals surface area contributed by atoms with Crippen LogP contribution in [0.1, 0.15) is 0 Å². The molecule has 0 aliphatic rings. The molecule has 0 saturated carbocycles. The van der Waals surface area contributed by atoms with Crippen LogP contribution in [-0.4, -0.2) is 9.55 Å². The minimum absolute atomic E-state index is 0.866. The van der Waals surface area contributed by atoms with Crippen molar-refractivity contribution in [3.05, 3.63) is 315 Å². The van der Waals surface area contributed by atoms with Gasteiger partial charge in [-0.05, 0) is 163 Å². The Morgan fingerprint density at radius 3 is 1.21 bits per heavy atom. The van der Waals surface area contributed by atoms with Gasteiger partial charge in [0.2, 0.25) is 0 Å². The Bertz CT molecular complexity index is 4740. The highest BCUT2D eigenvalue weighted by atomic mass is 15.2. The summed E-state index contributed by atoms with van der Waals surface area (Å²) in [5, 5.41) is 9.50.